The minimum atomic E-state index is -0.774. The molecule has 64 heavy (non-hydrogen) atoms. The number of benzene rings is 4. The third-order valence-electron chi connectivity index (χ3n) is 10.5. The van der Waals surface area contributed by atoms with Crippen molar-refractivity contribution in [1.29, 1.82) is 0 Å². The van der Waals surface area contributed by atoms with Gasteiger partial charge in [-0.1, -0.05) is 124 Å². The molecule has 1 saturated heterocycles. The molecule has 1 heterocycles. The summed E-state index contributed by atoms with van der Waals surface area (Å²) in [5, 5.41) is 0. The molecule has 1 aliphatic rings. The van der Waals surface area contributed by atoms with Gasteiger partial charge >= 0.3 is 24.2 Å². The fourth-order valence-electron chi connectivity index (χ4n) is 6.84. The van der Waals surface area contributed by atoms with Crippen LogP contribution in [0.1, 0.15) is 63.8 Å². The Bertz CT molecular complexity index is 2040. The van der Waals surface area contributed by atoms with Crippen molar-refractivity contribution >= 4 is 35.8 Å². The Hall–Kier alpha value is -6.41. The second-order valence-corrected chi connectivity index (χ2v) is 17.7. The van der Waals surface area contributed by atoms with Gasteiger partial charge in [-0.15, -0.1) is 0 Å². The van der Waals surface area contributed by atoms with Gasteiger partial charge in [-0.2, -0.15) is 0 Å². The first-order chi connectivity index (χ1) is 30.5. The molecule has 1 fully saturated rings. The number of hydrogen-bond acceptors (Lipinski definition) is 10. The number of carbonyl (C=O) groups excluding carboxylic acids is 5. The Morgan fingerprint density at radius 2 is 0.859 bits per heavy atom. The summed E-state index contributed by atoms with van der Waals surface area (Å²) < 4.78 is 22.9. The minimum absolute atomic E-state index is 0.0366. The lowest BCUT2D eigenvalue weighted by Crippen LogP contribution is -2.51. The van der Waals surface area contributed by atoms with Crippen molar-refractivity contribution < 1.29 is 42.9 Å². The third-order valence-corrected chi connectivity index (χ3v) is 10.5. The van der Waals surface area contributed by atoms with Crippen molar-refractivity contribution in [3.8, 4) is 0 Å². The lowest BCUT2D eigenvalue weighted by atomic mass is 9.87. The maximum Gasteiger partial charge on any atom is 0.410 e. The summed E-state index contributed by atoms with van der Waals surface area (Å²) in [5.74, 6) is -0.953. The molecule has 0 N–H and O–H groups in total. The van der Waals surface area contributed by atoms with Crippen LogP contribution in [0.3, 0.4) is 0 Å². The van der Waals surface area contributed by atoms with Crippen molar-refractivity contribution in [3.05, 3.63) is 138 Å². The Kier molecular flexibility index (Phi) is 17.7. The van der Waals surface area contributed by atoms with E-state index in [1.54, 1.807) is 20.8 Å². The van der Waals surface area contributed by atoms with Gasteiger partial charge < -0.3 is 38.5 Å². The van der Waals surface area contributed by atoms with Crippen LogP contribution in [0.4, 0.5) is 20.1 Å². The molecule has 5 rings (SSSR count). The fraction of sp³-hybridized carbons (Fsp3) is 0.420. The van der Waals surface area contributed by atoms with E-state index in [0.717, 1.165) is 22.3 Å². The average Bonchev–Trinajstić information content (AvgIpc) is 3.27. The number of ether oxygens (including phenoxy) is 4. The molecule has 14 nitrogen and oxygen atoms in total. The average molecular weight is 878 g/mol. The summed E-state index contributed by atoms with van der Waals surface area (Å²) in [6.45, 7) is 12.1. The summed E-state index contributed by atoms with van der Waals surface area (Å²) in [5.41, 5.74) is 3.10. The predicted octanol–water partition coefficient (Wildman–Crippen LogP) is 7.89. The summed E-state index contributed by atoms with van der Waals surface area (Å²) in [4.78, 5) is 76.9. The molecular formula is C50H63N5O9. The Labute approximate surface area is 377 Å². The van der Waals surface area contributed by atoms with E-state index >= 15 is 0 Å². The number of hydrogen-bond donors (Lipinski definition) is 0. The molecule has 1 aliphatic heterocycles. The van der Waals surface area contributed by atoms with Crippen LogP contribution in [0.5, 0.6) is 0 Å². The molecular weight excluding hydrogens is 815 g/mol. The largest absolute Gasteiger partial charge is 0.459 e. The van der Waals surface area contributed by atoms with E-state index < -0.39 is 29.9 Å². The third kappa shape index (κ3) is 16.1. The highest BCUT2D eigenvalue weighted by molar-refractivity contribution is 5.99. The van der Waals surface area contributed by atoms with Crippen LogP contribution in [0.2, 0.25) is 0 Å². The molecule has 4 amide bonds. The van der Waals surface area contributed by atoms with E-state index in [2.05, 4.69) is 20.8 Å². The highest BCUT2D eigenvalue weighted by Crippen LogP contribution is 2.26. The summed E-state index contributed by atoms with van der Waals surface area (Å²) in [6, 6.07) is 35.5. The van der Waals surface area contributed by atoms with Crippen LogP contribution in [0.15, 0.2) is 115 Å². The van der Waals surface area contributed by atoms with E-state index in [1.165, 1.54) is 19.6 Å². The van der Waals surface area contributed by atoms with Crippen molar-refractivity contribution in [3.63, 3.8) is 0 Å². The van der Waals surface area contributed by atoms with Crippen LogP contribution in [-0.2, 0) is 53.8 Å². The molecule has 0 unspecified atom stereocenters. The van der Waals surface area contributed by atoms with Gasteiger partial charge in [-0.05, 0) is 60.6 Å². The number of anilines is 1. The maximum atomic E-state index is 14.5. The quantitative estimate of drug-likeness (QED) is 0.108. The van der Waals surface area contributed by atoms with Gasteiger partial charge in [0.25, 0.3) is 0 Å². The first-order valence-electron chi connectivity index (χ1n) is 21.8. The predicted molar refractivity (Wildman–Crippen MR) is 244 cm³/mol. The number of nitrogens with zero attached hydrogens (tertiary/aromatic N) is 5. The van der Waals surface area contributed by atoms with Gasteiger partial charge in [0.15, 0.2) is 0 Å². The van der Waals surface area contributed by atoms with Crippen LogP contribution in [-0.4, -0.2) is 121 Å². The molecule has 4 aromatic rings. The number of amides is 4. The minimum Gasteiger partial charge on any atom is -0.459 e. The SMILES string of the molecule is CC(C)(C)OC(=O)CN(C(=O)CN1CCN(C(=O)OCc2ccccc2)CCN(C(=O)OCc2ccccc2)CCN(C(=O)OCc2ccccc2)CC1)c1ccc(C(C)(C)C)cc1. The molecule has 342 valence electrons. The topological polar surface area (TPSA) is 138 Å². The van der Waals surface area contributed by atoms with Crippen LogP contribution < -0.4 is 4.90 Å². The molecule has 4 aromatic carbocycles. The standard InChI is InChI=1S/C50H63N5O9/c1-49(2,3)42-22-24-43(25-23-42)55(35-45(57)64-50(4,5)6)44(56)34-51-26-28-52(46(58)61-36-39-16-10-7-11-17-39)30-32-54(48(60)63-38-41-20-14-9-15-21-41)33-31-53(29-27-51)47(59)62-37-40-18-12-8-13-19-40/h7-25H,26-38H2,1-6H3. The van der Waals surface area contributed by atoms with Gasteiger partial charge in [0, 0.05) is 58.0 Å². The molecule has 0 aromatic heterocycles. The molecule has 14 heteroatoms. The fourth-order valence-corrected chi connectivity index (χ4v) is 6.84. The van der Waals surface area contributed by atoms with Gasteiger partial charge in [-0.25, -0.2) is 14.4 Å². The number of rotatable bonds is 11. The second kappa shape index (κ2) is 23.3. The van der Waals surface area contributed by atoms with Gasteiger partial charge in [0.05, 0.1) is 6.54 Å². The van der Waals surface area contributed by atoms with Gasteiger partial charge in [0.2, 0.25) is 5.91 Å². The highest BCUT2D eigenvalue weighted by atomic mass is 16.6. The summed E-state index contributed by atoms with van der Waals surface area (Å²) in [7, 11) is 0. The van der Waals surface area contributed by atoms with E-state index in [4.69, 9.17) is 18.9 Å². The molecule has 0 radical (unpaired) electrons. The first kappa shape index (κ1) is 48.6. The number of carbonyl (C=O) groups is 5. The van der Waals surface area contributed by atoms with Crippen LogP contribution in [0.25, 0.3) is 0 Å². The molecule has 0 spiro atoms. The summed E-state index contributed by atoms with van der Waals surface area (Å²) in [6.07, 6.45) is -1.80. The Morgan fingerprint density at radius 1 is 0.500 bits per heavy atom. The van der Waals surface area contributed by atoms with Crippen LogP contribution in [0, 0.1) is 0 Å². The maximum absolute atomic E-state index is 14.5. The van der Waals surface area contributed by atoms with Gasteiger partial charge in [0.1, 0.15) is 32.0 Å². The second-order valence-electron chi connectivity index (χ2n) is 17.7. The van der Waals surface area contributed by atoms with E-state index in [9.17, 15) is 24.0 Å². The summed E-state index contributed by atoms with van der Waals surface area (Å²) >= 11 is 0. The molecule has 0 atom stereocenters. The molecule has 0 bridgehead atoms. The monoisotopic (exact) mass is 877 g/mol. The van der Waals surface area contributed by atoms with E-state index in [-0.39, 0.29) is 96.6 Å². The zero-order valence-electron chi connectivity index (χ0n) is 38.1. The first-order valence-corrected chi connectivity index (χ1v) is 21.8. The van der Waals surface area contributed by atoms with Gasteiger partial charge in [-0.3, -0.25) is 14.5 Å². The smallest absolute Gasteiger partial charge is 0.410 e. The van der Waals surface area contributed by atoms with E-state index in [0.29, 0.717) is 5.69 Å². The van der Waals surface area contributed by atoms with Crippen molar-refractivity contribution in [1.82, 2.24) is 19.6 Å². The van der Waals surface area contributed by atoms with Crippen molar-refractivity contribution in [2.24, 2.45) is 0 Å². The molecule has 0 aliphatic carbocycles. The van der Waals surface area contributed by atoms with Crippen molar-refractivity contribution in [2.45, 2.75) is 72.4 Å². The Balaban J connectivity index is 1.42. The highest BCUT2D eigenvalue weighted by Gasteiger charge is 2.29. The van der Waals surface area contributed by atoms with E-state index in [1.807, 2.05) is 120 Å². The lowest BCUT2D eigenvalue weighted by Gasteiger charge is -2.34. The Morgan fingerprint density at radius 3 is 1.20 bits per heavy atom. The zero-order chi connectivity index (χ0) is 46.1. The number of esters is 1. The van der Waals surface area contributed by atoms with Crippen molar-refractivity contribution in [2.75, 3.05) is 70.3 Å². The molecule has 0 saturated carbocycles. The normalized spacial score (nSPS) is 14.4. The lowest BCUT2D eigenvalue weighted by molar-refractivity contribution is -0.153. The van der Waals surface area contributed by atoms with Crippen LogP contribution >= 0.6 is 0 Å². The zero-order valence-corrected chi connectivity index (χ0v) is 38.1.